The van der Waals surface area contributed by atoms with Gasteiger partial charge < -0.3 is 10.1 Å². The predicted octanol–water partition coefficient (Wildman–Crippen LogP) is 4.55. The van der Waals surface area contributed by atoms with Crippen LogP contribution in [0.2, 0.25) is 0 Å². The van der Waals surface area contributed by atoms with Crippen LogP contribution in [0.4, 0.5) is 5.69 Å². The van der Waals surface area contributed by atoms with Crippen molar-refractivity contribution in [1.29, 1.82) is 0 Å². The SMILES string of the molecule is CCOc1cccc(CN2CCC(C(=O)Nc3c(C)cccc3C)CC2)c1. The Morgan fingerprint density at radius 1 is 1.11 bits per heavy atom. The molecule has 4 heteroatoms. The third kappa shape index (κ3) is 5.10. The molecule has 0 atom stereocenters. The molecule has 1 heterocycles. The molecular formula is C23H30N2O2. The molecule has 0 spiro atoms. The van der Waals surface area contributed by atoms with E-state index in [-0.39, 0.29) is 11.8 Å². The summed E-state index contributed by atoms with van der Waals surface area (Å²) >= 11 is 0. The van der Waals surface area contributed by atoms with Gasteiger partial charge in [0.25, 0.3) is 0 Å². The van der Waals surface area contributed by atoms with Crippen molar-refractivity contribution in [3.05, 3.63) is 59.2 Å². The summed E-state index contributed by atoms with van der Waals surface area (Å²) in [6.45, 7) is 9.58. The highest BCUT2D eigenvalue weighted by Crippen LogP contribution is 2.24. The molecule has 144 valence electrons. The van der Waals surface area contributed by atoms with Crippen molar-refractivity contribution in [1.82, 2.24) is 4.90 Å². The summed E-state index contributed by atoms with van der Waals surface area (Å²) in [7, 11) is 0. The lowest BCUT2D eigenvalue weighted by molar-refractivity contribution is -0.121. The monoisotopic (exact) mass is 366 g/mol. The minimum absolute atomic E-state index is 0.0926. The van der Waals surface area contributed by atoms with Gasteiger partial charge in [-0.25, -0.2) is 0 Å². The first kappa shape index (κ1) is 19.4. The summed E-state index contributed by atoms with van der Waals surface area (Å²) < 4.78 is 5.59. The van der Waals surface area contributed by atoms with Gasteiger partial charge >= 0.3 is 0 Å². The summed E-state index contributed by atoms with van der Waals surface area (Å²) in [6.07, 6.45) is 1.81. The molecule has 0 bridgehead atoms. The molecule has 0 saturated carbocycles. The predicted molar refractivity (Wildman–Crippen MR) is 110 cm³/mol. The van der Waals surface area contributed by atoms with E-state index in [1.165, 1.54) is 5.56 Å². The topological polar surface area (TPSA) is 41.6 Å². The molecule has 4 nitrogen and oxygen atoms in total. The molecule has 0 radical (unpaired) electrons. The van der Waals surface area contributed by atoms with Crippen molar-refractivity contribution in [3.8, 4) is 5.75 Å². The van der Waals surface area contributed by atoms with Gasteiger partial charge in [-0.15, -0.1) is 0 Å². The number of carbonyl (C=O) groups is 1. The third-order valence-electron chi connectivity index (χ3n) is 5.30. The van der Waals surface area contributed by atoms with E-state index in [2.05, 4.69) is 22.3 Å². The second-order valence-electron chi connectivity index (χ2n) is 7.39. The van der Waals surface area contributed by atoms with Gasteiger partial charge in [-0.2, -0.15) is 0 Å². The first-order valence-corrected chi connectivity index (χ1v) is 9.88. The molecule has 1 amide bonds. The van der Waals surface area contributed by atoms with Gasteiger partial charge in [0, 0.05) is 18.2 Å². The van der Waals surface area contributed by atoms with Gasteiger partial charge in [0.1, 0.15) is 5.75 Å². The molecule has 2 aromatic carbocycles. The van der Waals surface area contributed by atoms with Crippen LogP contribution in [0.15, 0.2) is 42.5 Å². The van der Waals surface area contributed by atoms with Crippen LogP contribution < -0.4 is 10.1 Å². The smallest absolute Gasteiger partial charge is 0.227 e. The number of nitrogens with zero attached hydrogens (tertiary/aromatic N) is 1. The van der Waals surface area contributed by atoms with Gasteiger partial charge in [0.05, 0.1) is 6.61 Å². The van der Waals surface area contributed by atoms with Crippen LogP contribution >= 0.6 is 0 Å². The zero-order valence-corrected chi connectivity index (χ0v) is 16.6. The Kier molecular flexibility index (Phi) is 6.51. The number of benzene rings is 2. The minimum Gasteiger partial charge on any atom is -0.494 e. The van der Waals surface area contributed by atoms with Gasteiger partial charge in [0.2, 0.25) is 5.91 Å². The van der Waals surface area contributed by atoms with E-state index in [1.807, 2.05) is 51.1 Å². The molecule has 27 heavy (non-hydrogen) atoms. The number of aryl methyl sites for hydroxylation is 2. The highest BCUT2D eigenvalue weighted by molar-refractivity contribution is 5.94. The summed E-state index contributed by atoms with van der Waals surface area (Å²) in [6, 6.07) is 14.4. The maximum absolute atomic E-state index is 12.7. The largest absolute Gasteiger partial charge is 0.494 e. The number of anilines is 1. The molecule has 1 saturated heterocycles. The van der Waals surface area contributed by atoms with Gasteiger partial charge in [0.15, 0.2) is 0 Å². The first-order chi connectivity index (χ1) is 13.1. The molecule has 1 aliphatic rings. The van der Waals surface area contributed by atoms with E-state index >= 15 is 0 Å². The zero-order valence-electron chi connectivity index (χ0n) is 16.6. The van der Waals surface area contributed by atoms with E-state index in [9.17, 15) is 4.79 Å². The molecule has 1 N–H and O–H groups in total. The second kappa shape index (κ2) is 9.05. The van der Waals surface area contributed by atoms with Crippen LogP contribution in [-0.4, -0.2) is 30.5 Å². The number of likely N-dealkylation sites (tertiary alicyclic amines) is 1. The van der Waals surface area contributed by atoms with Crippen LogP contribution in [0.3, 0.4) is 0 Å². The average molecular weight is 367 g/mol. The van der Waals surface area contributed by atoms with Crippen LogP contribution in [0.5, 0.6) is 5.75 Å². The van der Waals surface area contributed by atoms with Gasteiger partial charge in [-0.1, -0.05) is 30.3 Å². The second-order valence-corrected chi connectivity index (χ2v) is 7.39. The van der Waals surface area contributed by atoms with Crippen LogP contribution in [-0.2, 0) is 11.3 Å². The van der Waals surface area contributed by atoms with Crippen molar-refractivity contribution < 1.29 is 9.53 Å². The number of para-hydroxylation sites is 1. The van der Waals surface area contributed by atoms with E-state index in [0.29, 0.717) is 6.61 Å². The Bertz CT molecular complexity index is 759. The van der Waals surface area contributed by atoms with Crippen molar-refractivity contribution >= 4 is 11.6 Å². The highest BCUT2D eigenvalue weighted by Gasteiger charge is 2.25. The molecule has 1 fully saturated rings. The zero-order chi connectivity index (χ0) is 19.2. The molecule has 3 rings (SSSR count). The fraction of sp³-hybridized carbons (Fsp3) is 0.435. The standard InChI is InChI=1S/C23H30N2O2/c1-4-27-21-10-6-9-19(15-21)16-25-13-11-20(12-14-25)23(26)24-22-17(2)7-5-8-18(22)3/h5-10,15,20H,4,11-14,16H2,1-3H3,(H,24,26). The normalized spacial score (nSPS) is 15.5. The lowest BCUT2D eigenvalue weighted by atomic mass is 9.95. The third-order valence-corrected chi connectivity index (χ3v) is 5.30. The number of hydrogen-bond acceptors (Lipinski definition) is 3. The number of nitrogens with one attached hydrogen (secondary N) is 1. The Hall–Kier alpha value is -2.33. The summed E-state index contributed by atoms with van der Waals surface area (Å²) in [5, 5.41) is 3.16. The highest BCUT2D eigenvalue weighted by atomic mass is 16.5. The first-order valence-electron chi connectivity index (χ1n) is 9.88. The number of ether oxygens (including phenoxy) is 1. The summed E-state index contributed by atoms with van der Waals surface area (Å²) in [5.41, 5.74) is 4.47. The van der Waals surface area contributed by atoms with Gasteiger partial charge in [-0.3, -0.25) is 9.69 Å². The molecular weight excluding hydrogens is 336 g/mol. The molecule has 1 aliphatic heterocycles. The van der Waals surface area contributed by atoms with Gasteiger partial charge in [-0.05, 0) is 75.5 Å². The van der Waals surface area contributed by atoms with Crippen LogP contribution in [0.1, 0.15) is 36.5 Å². The number of piperidine rings is 1. The van der Waals surface area contributed by atoms with E-state index in [1.54, 1.807) is 0 Å². The van der Waals surface area contributed by atoms with Crippen molar-refractivity contribution in [3.63, 3.8) is 0 Å². The number of carbonyl (C=O) groups excluding carboxylic acids is 1. The molecule has 2 aromatic rings. The lowest BCUT2D eigenvalue weighted by Gasteiger charge is -2.31. The van der Waals surface area contributed by atoms with E-state index in [0.717, 1.165) is 55.0 Å². The fourth-order valence-electron chi connectivity index (χ4n) is 3.75. The molecule has 0 aliphatic carbocycles. The molecule has 0 unspecified atom stereocenters. The fourth-order valence-corrected chi connectivity index (χ4v) is 3.75. The lowest BCUT2D eigenvalue weighted by Crippen LogP contribution is -2.37. The van der Waals surface area contributed by atoms with E-state index in [4.69, 9.17) is 4.74 Å². The minimum atomic E-state index is 0.0926. The summed E-state index contributed by atoms with van der Waals surface area (Å²) in [4.78, 5) is 15.1. The quantitative estimate of drug-likeness (QED) is 0.815. The van der Waals surface area contributed by atoms with E-state index < -0.39 is 0 Å². The Morgan fingerprint density at radius 2 is 1.78 bits per heavy atom. The number of rotatable bonds is 6. The van der Waals surface area contributed by atoms with Crippen LogP contribution in [0, 0.1) is 19.8 Å². The maximum Gasteiger partial charge on any atom is 0.227 e. The van der Waals surface area contributed by atoms with Crippen molar-refractivity contribution in [2.24, 2.45) is 5.92 Å². The molecule has 0 aromatic heterocycles. The summed E-state index contributed by atoms with van der Waals surface area (Å²) in [5.74, 6) is 1.18. The Balaban J connectivity index is 1.52. The van der Waals surface area contributed by atoms with Crippen molar-refractivity contribution in [2.75, 3.05) is 25.0 Å². The van der Waals surface area contributed by atoms with Crippen LogP contribution in [0.25, 0.3) is 0 Å². The maximum atomic E-state index is 12.7. The number of hydrogen-bond donors (Lipinski definition) is 1. The van der Waals surface area contributed by atoms with Crippen molar-refractivity contribution in [2.45, 2.75) is 40.2 Å². The Morgan fingerprint density at radius 3 is 2.44 bits per heavy atom. The Labute approximate surface area is 162 Å². The average Bonchev–Trinajstić information content (AvgIpc) is 2.66. The number of amides is 1.